The fourth-order valence-electron chi connectivity index (χ4n) is 3.12. The standard InChI is InChI=1S/C22H20ClFN4O2S/c1-15-18(23)7-8-19-21(15)26-22(31-19)28(11-2-10-27-12-9-25-14-27)20(29)13-30-17-5-3-16(24)4-6-17/h3-9,12,14H,2,10-11,13H2,1H3. The molecule has 0 fully saturated rings. The molecule has 31 heavy (non-hydrogen) atoms. The minimum Gasteiger partial charge on any atom is -0.484 e. The maximum atomic E-state index is 13.1. The first-order valence-electron chi connectivity index (χ1n) is 9.71. The maximum absolute atomic E-state index is 13.1. The highest BCUT2D eigenvalue weighted by atomic mass is 35.5. The molecule has 0 radical (unpaired) electrons. The van der Waals surface area contributed by atoms with Crippen molar-refractivity contribution < 1.29 is 13.9 Å². The molecule has 0 bridgehead atoms. The van der Waals surface area contributed by atoms with Gasteiger partial charge in [-0.25, -0.2) is 14.4 Å². The van der Waals surface area contributed by atoms with Gasteiger partial charge in [0.15, 0.2) is 11.7 Å². The van der Waals surface area contributed by atoms with E-state index in [-0.39, 0.29) is 18.3 Å². The Balaban J connectivity index is 1.53. The molecular formula is C22H20ClFN4O2S. The van der Waals surface area contributed by atoms with Gasteiger partial charge >= 0.3 is 0 Å². The monoisotopic (exact) mass is 458 g/mol. The van der Waals surface area contributed by atoms with Gasteiger partial charge in [0.05, 0.1) is 16.5 Å². The van der Waals surface area contributed by atoms with Gasteiger partial charge in [-0.05, 0) is 55.3 Å². The van der Waals surface area contributed by atoms with Crippen LogP contribution in [0.25, 0.3) is 10.2 Å². The van der Waals surface area contributed by atoms with Crippen LogP contribution in [-0.4, -0.2) is 33.6 Å². The highest BCUT2D eigenvalue weighted by Crippen LogP contribution is 2.33. The lowest BCUT2D eigenvalue weighted by Gasteiger charge is -2.20. The van der Waals surface area contributed by atoms with E-state index in [9.17, 15) is 9.18 Å². The predicted octanol–water partition coefficient (Wildman–Crippen LogP) is 5.10. The van der Waals surface area contributed by atoms with Crippen molar-refractivity contribution >= 4 is 44.2 Å². The first-order valence-corrected chi connectivity index (χ1v) is 10.9. The third kappa shape index (κ3) is 5.03. The Morgan fingerprint density at radius 3 is 2.81 bits per heavy atom. The van der Waals surface area contributed by atoms with Crippen molar-refractivity contribution in [1.82, 2.24) is 14.5 Å². The van der Waals surface area contributed by atoms with Crippen molar-refractivity contribution in [3.05, 3.63) is 71.5 Å². The molecule has 4 aromatic rings. The van der Waals surface area contributed by atoms with Crippen LogP contribution in [0, 0.1) is 12.7 Å². The van der Waals surface area contributed by atoms with Crippen molar-refractivity contribution in [2.24, 2.45) is 0 Å². The summed E-state index contributed by atoms with van der Waals surface area (Å²) in [6.07, 6.45) is 6.06. The normalized spacial score (nSPS) is 11.1. The maximum Gasteiger partial charge on any atom is 0.266 e. The number of aryl methyl sites for hydroxylation is 2. The Morgan fingerprint density at radius 2 is 2.06 bits per heavy atom. The summed E-state index contributed by atoms with van der Waals surface area (Å²) >= 11 is 7.68. The fourth-order valence-corrected chi connectivity index (χ4v) is 4.34. The zero-order valence-corrected chi connectivity index (χ0v) is 18.4. The van der Waals surface area contributed by atoms with Gasteiger partial charge in [0.1, 0.15) is 11.6 Å². The number of hydrogen-bond donors (Lipinski definition) is 0. The lowest BCUT2D eigenvalue weighted by molar-refractivity contribution is -0.120. The summed E-state index contributed by atoms with van der Waals surface area (Å²) in [5, 5.41) is 1.24. The number of carbonyl (C=O) groups excluding carboxylic acids is 1. The highest BCUT2D eigenvalue weighted by Gasteiger charge is 2.21. The third-order valence-electron chi connectivity index (χ3n) is 4.80. The quantitative estimate of drug-likeness (QED) is 0.368. The number of carbonyl (C=O) groups is 1. The number of ether oxygens (including phenoxy) is 1. The predicted molar refractivity (Wildman–Crippen MR) is 120 cm³/mol. The van der Waals surface area contributed by atoms with Gasteiger partial charge in [-0.1, -0.05) is 22.9 Å². The van der Waals surface area contributed by atoms with Crippen LogP contribution >= 0.6 is 22.9 Å². The second-order valence-electron chi connectivity index (χ2n) is 6.96. The Labute approximate surface area is 187 Å². The van der Waals surface area contributed by atoms with E-state index in [4.69, 9.17) is 21.3 Å². The summed E-state index contributed by atoms with van der Waals surface area (Å²) in [6.45, 7) is 2.93. The smallest absolute Gasteiger partial charge is 0.266 e. The summed E-state index contributed by atoms with van der Waals surface area (Å²) in [5.41, 5.74) is 1.68. The molecule has 1 amide bonds. The van der Waals surface area contributed by atoms with Crippen LogP contribution in [0.1, 0.15) is 12.0 Å². The van der Waals surface area contributed by atoms with Crippen LogP contribution in [0.4, 0.5) is 9.52 Å². The minimum atomic E-state index is -0.358. The van der Waals surface area contributed by atoms with Crippen molar-refractivity contribution in [1.29, 1.82) is 0 Å². The Bertz CT molecular complexity index is 1180. The number of aromatic nitrogens is 3. The summed E-state index contributed by atoms with van der Waals surface area (Å²) in [5.74, 6) is -0.152. The topological polar surface area (TPSA) is 60.2 Å². The summed E-state index contributed by atoms with van der Waals surface area (Å²) in [6, 6.07) is 9.33. The molecule has 0 saturated heterocycles. The SMILES string of the molecule is Cc1c(Cl)ccc2sc(N(CCCn3ccnc3)C(=O)COc3ccc(F)cc3)nc12. The second-order valence-corrected chi connectivity index (χ2v) is 8.37. The highest BCUT2D eigenvalue weighted by molar-refractivity contribution is 7.22. The lowest BCUT2D eigenvalue weighted by Crippen LogP contribution is -2.36. The molecular weight excluding hydrogens is 439 g/mol. The van der Waals surface area contributed by atoms with Crippen LogP contribution in [0.3, 0.4) is 0 Å². The number of thiazole rings is 1. The fraction of sp³-hybridized carbons (Fsp3) is 0.227. The van der Waals surface area contributed by atoms with Crippen LogP contribution in [0.2, 0.25) is 5.02 Å². The van der Waals surface area contributed by atoms with Gasteiger partial charge in [-0.2, -0.15) is 0 Å². The van der Waals surface area contributed by atoms with Gasteiger partial charge in [0.2, 0.25) is 0 Å². The summed E-state index contributed by atoms with van der Waals surface area (Å²) < 4.78 is 21.6. The van der Waals surface area contributed by atoms with Gasteiger partial charge < -0.3 is 9.30 Å². The summed E-state index contributed by atoms with van der Waals surface area (Å²) in [7, 11) is 0. The third-order valence-corrected chi connectivity index (χ3v) is 6.25. The molecule has 0 aliphatic carbocycles. The van der Waals surface area contributed by atoms with Gasteiger partial charge in [-0.15, -0.1) is 0 Å². The molecule has 0 N–H and O–H groups in total. The van der Waals surface area contributed by atoms with Crippen LogP contribution in [-0.2, 0) is 11.3 Å². The lowest BCUT2D eigenvalue weighted by atomic mass is 10.2. The van der Waals surface area contributed by atoms with Gasteiger partial charge in [0, 0.05) is 30.5 Å². The van der Waals surface area contributed by atoms with E-state index in [2.05, 4.69) is 4.98 Å². The average molecular weight is 459 g/mol. The molecule has 0 aliphatic heterocycles. The van der Waals surface area contributed by atoms with Crippen molar-refractivity contribution in [3.8, 4) is 5.75 Å². The molecule has 0 spiro atoms. The molecule has 0 unspecified atom stereocenters. The molecule has 6 nitrogen and oxygen atoms in total. The number of imidazole rings is 1. The summed E-state index contributed by atoms with van der Waals surface area (Å²) in [4.78, 5) is 23.4. The van der Waals surface area contributed by atoms with Crippen molar-refractivity contribution in [2.75, 3.05) is 18.1 Å². The Kier molecular flexibility index (Phi) is 6.48. The Morgan fingerprint density at radius 1 is 1.26 bits per heavy atom. The van der Waals surface area contributed by atoms with Gasteiger partial charge in [0.25, 0.3) is 5.91 Å². The molecule has 160 valence electrons. The number of fused-ring (bicyclic) bond motifs is 1. The first kappa shape index (κ1) is 21.3. The largest absolute Gasteiger partial charge is 0.484 e. The molecule has 4 rings (SSSR count). The molecule has 0 atom stereocenters. The number of halogens is 2. The molecule has 9 heteroatoms. The zero-order valence-electron chi connectivity index (χ0n) is 16.8. The van der Waals surface area contributed by atoms with E-state index in [0.717, 1.165) is 22.3 Å². The Hall–Kier alpha value is -2.97. The number of hydrogen-bond acceptors (Lipinski definition) is 5. The van der Waals surface area contributed by atoms with Crippen LogP contribution in [0.15, 0.2) is 55.1 Å². The molecule has 2 heterocycles. The molecule has 0 aliphatic rings. The van der Waals surface area contributed by atoms with E-state index in [1.54, 1.807) is 17.4 Å². The van der Waals surface area contributed by atoms with E-state index < -0.39 is 0 Å². The number of benzene rings is 2. The molecule has 2 aromatic carbocycles. The number of amides is 1. The molecule has 0 saturated carbocycles. The van der Waals surface area contributed by atoms with E-state index in [0.29, 0.717) is 28.9 Å². The zero-order chi connectivity index (χ0) is 21.8. The van der Waals surface area contributed by atoms with Gasteiger partial charge in [-0.3, -0.25) is 9.69 Å². The van der Waals surface area contributed by atoms with E-state index >= 15 is 0 Å². The van der Waals surface area contributed by atoms with Crippen molar-refractivity contribution in [2.45, 2.75) is 19.9 Å². The number of rotatable bonds is 8. The van der Waals surface area contributed by atoms with Crippen molar-refractivity contribution in [3.63, 3.8) is 0 Å². The number of nitrogens with zero attached hydrogens (tertiary/aromatic N) is 4. The second kappa shape index (κ2) is 9.45. The van der Waals surface area contributed by atoms with E-state index in [1.165, 1.54) is 35.6 Å². The minimum absolute atomic E-state index is 0.174. The first-order chi connectivity index (χ1) is 15.0. The van der Waals surface area contributed by atoms with Crippen LogP contribution in [0.5, 0.6) is 5.75 Å². The van der Waals surface area contributed by atoms with Crippen LogP contribution < -0.4 is 9.64 Å². The number of anilines is 1. The van der Waals surface area contributed by atoms with E-state index in [1.807, 2.05) is 29.8 Å². The average Bonchev–Trinajstić information content (AvgIpc) is 3.43. The molecule has 2 aromatic heterocycles.